The maximum absolute atomic E-state index is 11.0. The molecule has 0 saturated carbocycles. The lowest BCUT2D eigenvalue weighted by Crippen LogP contribution is -2.48. The topological polar surface area (TPSA) is 77.4 Å². The summed E-state index contributed by atoms with van der Waals surface area (Å²) in [7, 11) is -1.63. The van der Waals surface area contributed by atoms with Crippen molar-refractivity contribution in [3.63, 3.8) is 0 Å². The summed E-state index contributed by atoms with van der Waals surface area (Å²) >= 11 is 0. The molecule has 2 N–H and O–H groups in total. The summed E-state index contributed by atoms with van der Waals surface area (Å²) in [5.74, 6) is -1.64. The number of ether oxygens (including phenoxy) is 4. The van der Waals surface area contributed by atoms with Gasteiger partial charge in [0.05, 0.1) is 20.8 Å². The molecule has 2 aliphatic heterocycles. The van der Waals surface area contributed by atoms with Crippen LogP contribution in [-0.4, -0.2) is 67.0 Å². The molecule has 2 heterocycles. The van der Waals surface area contributed by atoms with Crippen molar-refractivity contribution in [3.05, 3.63) is 38.0 Å². The molecular formula is C24H42O6Si. The molecule has 0 aliphatic carbocycles. The predicted octanol–water partition coefficient (Wildman–Crippen LogP) is 4.17. The highest BCUT2D eigenvalue weighted by Crippen LogP contribution is 2.37. The Balaban J connectivity index is 2.02. The molecular weight excluding hydrogens is 412 g/mol. The Bertz CT molecular complexity index is 593. The summed E-state index contributed by atoms with van der Waals surface area (Å²) in [4.78, 5) is 0. The van der Waals surface area contributed by atoms with E-state index in [1.807, 2.05) is 32.1 Å². The highest BCUT2D eigenvalue weighted by Gasteiger charge is 2.51. The van der Waals surface area contributed by atoms with E-state index in [2.05, 4.69) is 19.7 Å². The molecule has 0 bridgehead atoms. The normalized spacial score (nSPS) is 29.4. The van der Waals surface area contributed by atoms with Crippen LogP contribution in [0.4, 0.5) is 0 Å². The van der Waals surface area contributed by atoms with Crippen molar-refractivity contribution in [2.75, 3.05) is 6.61 Å². The van der Waals surface area contributed by atoms with Crippen LogP contribution in [0.5, 0.6) is 0 Å². The summed E-state index contributed by atoms with van der Waals surface area (Å²) < 4.78 is 23.4. The average Bonchev–Trinajstić information content (AvgIpc) is 3.20. The number of allylic oxidation sites excluding steroid dienone is 3. The van der Waals surface area contributed by atoms with Gasteiger partial charge >= 0.3 is 0 Å². The first kappa shape index (κ1) is 26.4. The lowest BCUT2D eigenvalue weighted by molar-refractivity contribution is -0.179. The van der Waals surface area contributed by atoms with Gasteiger partial charge in [0.15, 0.2) is 11.6 Å². The third kappa shape index (κ3) is 7.09. The van der Waals surface area contributed by atoms with Crippen molar-refractivity contribution in [2.24, 2.45) is 0 Å². The summed E-state index contributed by atoms with van der Waals surface area (Å²) in [5, 5.41) is 21.9. The Hall–Kier alpha value is -0.803. The Morgan fingerprint density at radius 1 is 0.903 bits per heavy atom. The van der Waals surface area contributed by atoms with Gasteiger partial charge in [0.25, 0.3) is 0 Å². The minimum absolute atomic E-state index is 0.274. The van der Waals surface area contributed by atoms with Crippen LogP contribution >= 0.6 is 0 Å². The highest BCUT2D eigenvalue weighted by atomic mass is 28.3. The Kier molecular flexibility index (Phi) is 9.28. The van der Waals surface area contributed by atoms with Gasteiger partial charge in [-0.3, -0.25) is 0 Å². The molecule has 6 nitrogen and oxygen atoms in total. The van der Waals surface area contributed by atoms with E-state index in [0.717, 1.165) is 30.6 Å². The first-order chi connectivity index (χ1) is 14.5. The fourth-order valence-corrected chi connectivity index (χ4v) is 8.70. The van der Waals surface area contributed by atoms with Crippen molar-refractivity contribution >= 4 is 8.07 Å². The van der Waals surface area contributed by atoms with Gasteiger partial charge in [-0.2, -0.15) is 0 Å². The maximum atomic E-state index is 11.0. The maximum Gasteiger partial charge on any atom is 0.164 e. The minimum atomic E-state index is -1.63. The predicted molar refractivity (Wildman–Crippen MR) is 126 cm³/mol. The lowest BCUT2D eigenvalue weighted by atomic mass is 9.97. The van der Waals surface area contributed by atoms with Crippen LogP contribution in [0.25, 0.3) is 0 Å². The number of aliphatic hydroxyl groups is 2. The molecule has 0 amide bonds. The van der Waals surface area contributed by atoms with Gasteiger partial charge < -0.3 is 29.2 Å². The van der Waals surface area contributed by atoms with E-state index in [-0.39, 0.29) is 6.61 Å². The van der Waals surface area contributed by atoms with Crippen LogP contribution in [0, 0.1) is 0 Å². The number of aliphatic hydroxyl groups excluding tert-OH is 2. The fourth-order valence-electron chi connectivity index (χ4n) is 4.80. The van der Waals surface area contributed by atoms with E-state index in [0.29, 0.717) is 6.42 Å². The van der Waals surface area contributed by atoms with Gasteiger partial charge in [-0.1, -0.05) is 30.7 Å². The summed E-state index contributed by atoms with van der Waals surface area (Å²) in [6.07, 6.45) is 3.88. The van der Waals surface area contributed by atoms with Gasteiger partial charge in [-0.05, 0) is 52.2 Å². The molecule has 2 rings (SSSR count). The zero-order valence-corrected chi connectivity index (χ0v) is 20.7. The monoisotopic (exact) mass is 454 g/mol. The van der Waals surface area contributed by atoms with Crippen LogP contribution in [0.1, 0.15) is 40.5 Å². The standard InChI is InChI=1S/C24H42O6Si/c1-8-13-31(14-9-2,15-10-3)16-11-12-18(25)21-22(30-24(6,7)29-21)20(26)19-17-27-23(4,5)28-19/h8-10,18-22,25-26H,1-3,11-17H2,4-7H3/t18?,19-,20-,21-,22+/m1/s1. The molecule has 178 valence electrons. The lowest BCUT2D eigenvalue weighted by Gasteiger charge is -2.31. The van der Waals surface area contributed by atoms with Crippen LogP contribution < -0.4 is 0 Å². The molecule has 1 unspecified atom stereocenters. The third-order valence-electron chi connectivity index (χ3n) is 6.23. The average molecular weight is 455 g/mol. The smallest absolute Gasteiger partial charge is 0.164 e. The second kappa shape index (κ2) is 10.9. The van der Waals surface area contributed by atoms with E-state index >= 15 is 0 Å². The number of rotatable bonds is 13. The van der Waals surface area contributed by atoms with Gasteiger partial charge in [-0.25, -0.2) is 0 Å². The number of hydrogen-bond donors (Lipinski definition) is 2. The van der Waals surface area contributed by atoms with E-state index in [1.54, 1.807) is 13.8 Å². The van der Waals surface area contributed by atoms with Crippen molar-refractivity contribution in [3.8, 4) is 0 Å². The van der Waals surface area contributed by atoms with Crippen LogP contribution in [0.3, 0.4) is 0 Å². The van der Waals surface area contributed by atoms with Crippen LogP contribution in [0.15, 0.2) is 38.0 Å². The van der Waals surface area contributed by atoms with Gasteiger partial charge in [0, 0.05) is 0 Å². The quantitative estimate of drug-likeness (QED) is 0.321. The Morgan fingerprint density at radius 3 is 1.94 bits per heavy atom. The Labute approximate surface area is 188 Å². The third-order valence-corrected chi connectivity index (χ3v) is 11.1. The van der Waals surface area contributed by atoms with E-state index in [4.69, 9.17) is 18.9 Å². The number of hydrogen-bond acceptors (Lipinski definition) is 6. The van der Waals surface area contributed by atoms with Gasteiger partial charge in [0.2, 0.25) is 0 Å². The largest absolute Gasteiger partial charge is 0.390 e. The molecule has 0 radical (unpaired) electrons. The first-order valence-corrected chi connectivity index (χ1v) is 14.2. The molecule has 5 atom stereocenters. The summed E-state index contributed by atoms with van der Waals surface area (Å²) in [6.45, 7) is 19.3. The van der Waals surface area contributed by atoms with E-state index in [1.165, 1.54) is 0 Å². The molecule has 2 saturated heterocycles. The fraction of sp³-hybridized carbons (Fsp3) is 0.750. The summed E-state index contributed by atoms with van der Waals surface area (Å²) in [5.41, 5.74) is 0. The van der Waals surface area contributed by atoms with Crippen LogP contribution in [0.2, 0.25) is 24.2 Å². The van der Waals surface area contributed by atoms with Crippen molar-refractivity contribution in [1.82, 2.24) is 0 Å². The molecule has 0 aromatic rings. The molecule has 2 fully saturated rings. The Morgan fingerprint density at radius 2 is 1.45 bits per heavy atom. The highest BCUT2D eigenvalue weighted by molar-refractivity contribution is 6.81. The van der Waals surface area contributed by atoms with Crippen molar-refractivity contribution in [2.45, 2.75) is 107 Å². The van der Waals surface area contributed by atoms with Gasteiger partial charge in [0.1, 0.15) is 24.4 Å². The van der Waals surface area contributed by atoms with E-state index < -0.39 is 50.2 Å². The molecule has 0 aromatic heterocycles. The zero-order valence-electron chi connectivity index (χ0n) is 19.7. The van der Waals surface area contributed by atoms with E-state index in [9.17, 15) is 10.2 Å². The van der Waals surface area contributed by atoms with Crippen LogP contribution in [-0.2, 0) is 18.9 Å². The first-order valence-electron chi connectivity index (χ1n) is 11.3. The van der Waals surface area contributed by atoms with Crippen molar-refractivity contribution < 1.29 is 29.2 Å². The summed E-state index contributed by atoms with van der Waals surface area (Å²) in [6, 6.07) is 4.07. The van der Waals surface area contributed by atoms with Gasteiger partial charge in [-0.15, -0.1) is 19.7 Å². The zero-order chi connectivity index (χ0) is 23.3. The molecule has 2 aliphatic rings. The minimum Gasteiger partial charge on any atom is -0.390 e. The second-order valence-electron chi connectivity index (χ2n) is 9.86. The van der Waals surface area contributed by atoms with Crippen molar-refractivity contribution in [1.29, 1.82) is 0 Å². The molecule has 31 heavy (non-hydrogen) atoms. The molecule has 0 aromatic carbocycles. The molecule has 0 spiro atoms. The SMILES string of the molecule is C=CC[Si](CC=C)(CC=C)CCCC(O)[C@H]1OC(C)(C)O[C@H]1[C@H](O)[C@H]1COC(C)(C)O1. The second-order valence-corrected chi connectivity index (χ2v) is 14.6. The molecule has 7 heteroatoms.